The van der Waals surface area contributed by atoms with Gasteiger partial charge in [0.2, 0.25) is 4.96 Å². The number of rotatable bonds is 2. The summed E-state index contributed by atoms with van der Waals surface area (Å²) in [6, 6.07) is 17.4. The minimum absolute atomic E-state index is 0.139. The standard InChI is InChI=1S/C17H10BrN3OS/c18-13-9-5-4-8-12(13)15-19-17-21(20-15)16(22)14(23-17)10-11-6-2-1-3-7-11/h1-10H/b14-10+. The van der Waals surface area contributed by atoms with Gasteiger partial charge in [-0.1, -0.05) is 69.7 Å². The van der Waals surface area contributed by atoms with E-state index in [1.807, 2.05) is 60.7 Å². The number of hydrogen-bond acceptors (Lipinski definition) is 4. The van der Waals surface area contributed by atoms with Gasteiger partial charge in [0.1, 0.15) is 0 Å². The Balaban J connectivity index is 1.86. The van der Waals surface area contributed by atoms with E-state index < -0.39 is 0 Å². The second kappa shape index (κ2) is 5.72. The first-order valence-electron chi connectivity index (χ1n) is 6.93. The summed E-state index contributed by atoms with van der Waals surface area (Å²) in [7, 11) is 0. The van der Waals surface area contributed by atoms with Crippen LogP contribution in [0.4, 0.5) is 0 Å². The van der Waals surface area contributed by atoms with Gasteiger partial charge in [-0.15, -0.1) is 5.10 Å². The number of aromatic nitrogens is 3. The predicted molar refractivity (Wildman–Crippen MR) is 95.5 cm³/mol. The van der Waals surface area contributed by atoms with E-state index >= 15 is 0 Å². The van der Waals surface area contributed by atoms with Crippen LogP contribution >= 0.6 is 27.3 Å². The van der Waals surface area contributed by atoms with Crippen molar-refractivity contribution in [3.05, 3.63) is 79.5 Å². The molecule has 23 heavy (non-hydrogen) atoms. The highest BCUT2D eigenvalue weighted by Gasteiger charge is 2.13. The van der Waals surface area contributed by atoms with E-state index in [1.165, 1.54) is 15.9 Å². The maximum absolute atomic E-state index is 12.5. The molecule has 0 amide bonds. The highest BCUT2D eigenvalue weighted by Crippen LogP contribution is 2.25. The molecule has 2 heterocycles. The van der Waals surface area contributed by atoms with Crippen molar-refractivity contribution >= 4 is 38.3 Å². The van der Waals surface area contributed by atoms with Gasteiger partial charge in [0, 0.05) is 10.0 Å². The van der Waals surface area contributed by atoms with Crippen molar-refractivity contribution in [3.8, 4) is 11.4 Å². The van der Waals surface area contributed by atoms with Gasteiger partial charge in [0.25, 0.3) is 5.56 Å². The van der Waals surface area contributed by atoms with E-state index in [0.717, 1.165) is 15.6 Å². The zero-order valence-electron chi connectivity index (χ0n) is 11.8. The summed E-state index contributed by atoms with van der Waals surface area (Å²) in [5, 5.41) is 4.36. The molecule has 0 radical (unpaired) electrons. The minimum atomic E-state index is -0.139. The number of halogens is 1. The average Bonchev–Trinajstić information content (AvgIpc) is 3.09. The fourth-order valence-electron chi connectivity index (χ4n) is 2.29. The Morgan fingerprint density at radius 2 is 1.78 bits per heavy atom. The zero-order chi connectivity index (χ0) is 15.8. The molecule has 0 spiro atoms. The average molecular weight is 384 g/mol. The molecule has 0 saturated heterocycles. The third kappa shape index (κ3) is 2.60. The summed E-state index contributed by atoms with van der Waals surface area (Å²) in [5.74, 6) is 0.548. The molecule has 4 nitrogen and oxygen atoms in total. The number of nitrogens with zero attached hydrogens (tertiary/aromatic N) is 3. The Morgan fingerprint density at radius 1 is 1.04 bits per heavy atom. The molecule has 0 fully saturated rings. The van der Waals surface area contributed by atoms with Crippen molar-refractivity contribution in [2.45, 2.75) is 0 Å². The molecule has 4 aromatic rings. The Morgan fingerprint density at radius 3 is 2.52 bits per heavy atom. The van der Waals surface area contributed by atoms with E-state index in [1.54, 1.807) is 0 Å². The molecule has 0 saturated carbocycles. The maximum atomic E-state index is 12.5. The first-order valence-corrected chi connectivity index (χ1v) is 8.54. The van der Waals surface area contributed by atoms with Gasteiger partial charge < -0.3 is 0 Å². The van der Waals surface area contributed by atoms with E-state index in [9.17, 15) is 4.79 Å². The number of hydrogen-bond donors (Lipinski definition) is 0. The molecular formula is C17H10BrN3OS. The van der Waals surface area contributed by atoms with Crippen LogP contribution in [-0.4, -0.2) is 14.6 Å². The molecule has 0 aliphatic heterocycles. The lowest BCUT2D eigenvalue weighted by Gasteiger charge is -1.97. The molecular weight excluding hydrogens is 374 g/mol. The Hall–Kier alpha value is -2.31. The third-order valence-corrected chi connectivity index (χ3v) is 5.04. The Labute approximate surface area is 143 Å². The molecule has 0 aliphatic rings. The van der Waals surface area contributed by atoms with Crippen LogP contribution in [0.5, 0.6) is 0 Å². The summed E-state index contributed by atoms with van der Waals surface area (Å²) < 4.78 is 2.90. The van der Waals surface area contributed by atoms with Crippen molar-refractivity contribution < 1.29 is 0 Å². The van der Waals surface area contributed by atoms with E-state index in [0.29, 0.717) is 15.3 Å². The minimum Gasteiger partial charge on any atom is -0.266 e. The van der Waals surface area contributed by atoms with Crippen molar-refractivity contribution in [2.75, 3.05) is 0 Å². The fourth-order valence-corrected chi connectivity index (χ4v) is 3.66. The van der Waals surface area contributed by atoms with Crippen molar-refractivity contribution in [1.82, 2.24) is 14.6 Å². The van der Waals surface area contributed by atoms with Crippen LogP contribution in [0.3, 0.4) is 0 Å². The fraction of sp³-hybridized carbons (Fsp3) is 0. The molecule has 6 heteroatoms. The zero-order valence-corrected chi connectivity index (χ0v) is 14.2. The lowest BCUT2D eigenvalue weighted by atomic mass is 10.2. The van der Waals surface area contributed by atoms with Gasteiger partial charge in [-0.25, -0.2) is 0 Å². The van der Waals surface area contributed by atoms with Crippen molar-refractivity contribution in [1.29, 1.82) is 0 Å². The highest BCUT2D eigenvalue weighted by atomic mass is 79.9. The summed E-state index contributed by atoms with van der Waals surface area (Å²) in [4.78, 5) is 17.6. The van der Waals surface area contributed by atoms with E-state index in [2.05, 4.69) is 26.0 Å². The van der Waals surface area contributed by atoms with Crippen LogP contribution in [0.15, 0.2) is 63.9 Å². The number of fused-ring (bicyclic) bond motifs is 1. The molecule has 2 aromatic heterocycles. The predicted octanol–water partition coefficient (Wildman–Crippen LogP) is 3.13. The van der Waals surface area contributed by atoms with Crippen molar-refractivity contribution in [2.24, 2.45) is 0 Å². The second-order valence-electron chi connectivity index (χ2n) is 4.94. The van der Waals surface area contributed by atoms with Crippen LogP contribution in [0.25, 0.3) is 22.4 Å². The number of thiazole rings is 1. The van der Waals surface area contributed by atoms with Gasteiger partial charge in [0.15, 0.2) is 5.82 Å². The molecule has 0 unspecified atom stereocenters. The lowest BCUT2D eigenvalue weighted by Crippen LogP contribution is -2.23. The molecule has 0 bridgehead atoms. The maximum Gasteiger partial charge on any atom is 0.291 e. The van der Waals surface area contributed by atoms with Crippen LogP contribution in [0.2, 0.25) is 0 Å². The topological polar surface area (TPSA) is 47.3 Å². The smallest absolute Gasteiger partial charge is 0.266 e. The normalized spacial score (nSPS) is 12.1. The lowest BCUT2D eigenvalue weighted by molar-refractivity contribution is 0.936. The van der Waals surface area contributed by atoms with Gasteiger partial charge in [-0.2, -0.15) is 9.50 Å². The summed E-state index contributed by atoms with van der Waals surface area (Å²) in [6.45, 7) is 0. The van der Waals surface area contributed by atoms with Gasteiger partial charge in [-0.3, -0.25) is 4.79 Å². The molecule has 0 atom stereocenters. The SMILES string of the molecule is O=c1/c(=C\c2ccccc2)sc2nc(-c3ccccc3Br)nn12. The van der Waals surface area contributed by atoms with Gasteiger partial charge in [0.05, 0.1) is 4.53 Å². The second-order valence-corrected chi connectivity index (χ2v) is 6.80. The van der Waals surface area contributed by atoms with Crippen LogP contribution < -0.4 is 10.1 Å². The summed E-state index contributed by atoms with van der Waals surface area (Å²) >= 11 is 4.83. The quantitative estimate of drug-likeness (QED) is 0.534. The van der Waals surface area contributed by atoms with Crippen molar-refractivity contribution in [3.63, 3.8) is 0 Å². The van der Waals surface area contributed by atoms with Crippen LogP contribution in [-0.2, 0) is 0 Å². The first kappa shape index (κ1) is 14.3. The van der Waals surface area contributed by atoms with Gasteiger partial charge >= 0.3 is 0 Å². The largest absolute Gasteiger partial charge is 0.291 e. The first-order chi connectivity index (χ1) is 11.2. The third-order valence-electron chi connectivity index (χ3n) is 3.39. The van der Waals surface area contributed by atoms with Gasteiger partial charge in [-0.05, 0) is 23.8 Å². The molecule has 112 valence electrons. The van der Waals surface area contributed by atoms with Crippen LogP contribution in [0.1, 0.15) is 5.56 Å². The van der Waals surface area contributed by atoms with Crippen LogP contribution in [0, 0.1) is 0 Å². The monoisotopic (exact) mass is 383 g/mol. The number of benzene rings is 2. The Bertz CT molecular complexity index is 1100. The summed E-state index contributed by atoms with van der Waals surface area (Å²) in [5.41, 5.74) is 1.72. The molecule has 4 rings (SSSR count). The highest BCUT2D eigenvalue weighted by molar-refractivity contribution is 9.10. The Kier molecular flexibility index (Phi) is 3.55. The molecule has 2 aromatic carbocycles. The van der Waals surface area contributed by atoms with E-state index in [4.69, 9.17) is 0 Å². The van der Waals surface area contributed by atoms with E-state index in [-0.39, 0.29) is 5.56 Å². The molecule has 0 N–H and O–H groups in total. The molecule has 0 aliphatic carbocycles. The summed E-state index contributed by atoms with van der Waals surface area (Å²) in [6.07, 6.45) is 1.86.